The standard InChI is InChI=1S/C40H57N5O6/c1-6-13-31(38(48)43-44-39(49)34(23-27(4)5)32-19-20-41-36(32)46)33(22-26(2)3)37(47)42-35-18-10-11-21-45(40(35)50)25-28-14-12-17-30(24-28)51-29-15-8-7-9-16-29/h7-9,12,14-17,24,26-27,31-35H,6,10-11,13,18-23,25H2,1-5H3,(H,41,46)(H,42,47)(H,43,48)(H,44,49)/t31-,32-,33+,34+,35-/m0/s1. The van der Waals surface area contributed by atoms with Gasteiger partial charge < -0.3 is 20.3 Å². The van der Waals surface area contributed by atoms with E-state index in [2.05, 4.69) is 21.5 Å². The Morgan fingerprint density at radius 2 is 1.55 bits per heavy atom. The van der Waals surface area contributed by atoms with Gasteiger partial charge in [-0.05, 0) is 86.6 Å². The third-order valence-corrected chi connectivity index (χ3v) is 9.78. The average molecular weight is 704 g/mol. The van der Waals surface area contributed by atoms with Crippen molar-refractivity contribution in [1.82, 2.24) is 26.4 Å². The second-order valence-electron chi connectivity index (χ2n) is 14.9. The second kappa shape index (κ2) is 19.3. The molecule has 4 rings (SSSR count). The van der Waals surface area contributed by atoms with Crippen LogP contribution in [0.15, 0.2) is 54.6 Å². The Morgan fingerprint density at radius 3 is 2.22 bits per heavy atom. The van der Waals surface area contributed by atoms with Crippen molar-refractivity contribution >= 4 is 29.5 Å². The summed E-state index contributed by atoms with van der Waals surface area (Å²) in [5.41, 5.74) is 6.13. The molecule has 2 aromatic rings. The Labute approximate surface area is 303 Å². The lowest BCUT2D eigenvalue weighted by Crippen LogP contribution is -2.53. The summed E-state index contributed by atoms with van der Waals surface area (Å²) in [6.07, 6.45) is 4.70. The fourth-order valence-electron chi connectivity index (χ4n) is 7.28. The molecule has 4 N–H and O–H groups in total. The summed E-state index contributed by atoms with van der Waals surface area (Å²) in [4.78, 5) is 69.3. The summed E-state index contributed by atoms with van der Waals surface area (Å²) in [7, 11) is 0. The molecule has 51 heavy (non-hydrogen) atoms. The topological polar surface area (TPSA) is 146 Å². The van der Waals surface area contributed by atoms with E-state index in [9.17, 15) is 24.0 Å². The van der Waals surface area contributed by atoms with Gasteiger partial charge in [0.25, 0.3) is 0 Å². The van der Waals surface area contributed by atoms with Crippen LogP contribution in [-0.4, -0.2) is 53.6 Å². The third-order valence-electron chi connectivity index (χ3n) is 9.78. The van der Waals surface area contributed by atoms with Crippen molar-refractivity contribution in [3.8, 4) is 11.5 Å². The van der Waals surface area contributed by atoms with Gasteiger partial charge in [-0.25, -0.2) is 0 Å². The SMILES string of the molecule is CCC[C@H](C(=O)NNC(=O)[C@H](CC(C)C)[C@@H]1CCNC1=O)[C@@H](CC(C)C)C(=O)N[C@H]1CCCCN(Cc2cccc(Oc3ccccc3)c2)C1=O. The van der Waals surface area contributed by atoms with Gasteiger partial charge in [-0.3, -0.25) is 34.8 Å². The van der Waals surface area contributed by atoms with Gasteiger partial charge in [0.15, 0.2) is 0 Å². The zero-order valence-electron chi connectivity index (χ0n) is 30.9. The fourth-order valence-corrected chi connectivity index (χ4v) is 7.28. The van der Waals surface area contributed by atoms with Crippen LogP contribution in [0.5, 0.6) is 11.5 Å². The summed E-state index contributed by atoms with van der Waals surface area (Å²) >= 11 is 0. The van der Waals surface area contributed by atoms with Crippen LogP contribution in [0.4, 0.5) is 0 Å². The van der Waals surface area contributed by atoms with Crippen LogP contribution in [0.25, 0.3) is 0 Å². The minimum absolute atomic E-state index is 0.102. The van der Waals surface area contributed by atoms with Crippen molar-refractivity contribution in [2.45, 2.75) is 98.6 Å². The van der Waals surface area contributed by atoms with Gasteiger partial charge in [-0.2, -0.15) is 0 Å². The van der Waals surface area contributed by atoms with E-state index >= 15 is 0 Å². The number of carbonyl (C=O) groups is 5. The first-order valence-corrected chi connectivity index (χ1v) is 18.7. The first-order chi connectivity index (χ1) is 24.5. The van der Waals surface area contributed by atoms with Crippen LogP contribution in [0.3, 0.4) is 0 Å². The third kappa shape index (κ3) is 11.6. The van der Waals surface area contributed by atoms with E-state index in [1.54, 1.807) is 4.90 Å². The molecule has 0 unspecified atom stereocenters. The van der Waals surface area contributed by atoms with Crippen LogP contribution in [-0.2, 0) is 30.5 Å². The molecule has 2 aliphatic heterocycles. The molecule has 2 aliphatic rings. The minimum Gasteiger partial charge on any atom is -0.457 e. The highest BCUT2D eigenvalue weighted by Gasteiger charge is 2.39. The second-order valence-corrected chi connectivity index (χ2v) is 14.9. The van der Waals surface area contributed by atoms with E-state index in [1.165, 1.54) is 0 Å². The highest BCUT2D eigenvalue weighted by Crippen LogP contribution is 2.29. The fraction of sp³-hybridized carbons (Fsp3) is 0.575. The smallest absolute Gasteiger partial charge is 0.245 e. The van der Waals surface area contributed by atoms with Crippen molar-refractivity contribution < 1.29 is 28.7 Å². The highest BCUT2D eigenvalue weighted by molar-refractivity contribution is 5.93. The first-order valence-electron chi connectivity index (χ1n) is 18.7. The van der Waals surface area contributed by atoms with Crippen molar-refractivity contribution in [2.24, 2.45) is 35.5 Å². The van der Waals surface area contributed by atoms with Crippen LogP contribution in [0, 0.1) is 35.5 Å². The van der Waals surface area contributed by atoms with E-state index in [1.807, 2.05) is 89.2 Å². The average Bonchev–Trinajstić information content (AvgIpc) is 3.45. The van der Waals surface area contributed by atoms with Crippen molar-refractivity contribution in [3.63, 3.8) is 0 Å². The van der Waals surface area contributed by atoms with Crippen molar-refractivity contribution in [3.05, 3.63) is 60.2 Å². The van der Waals surface area contributed by atoms with Crippen LogP contribution in [0.1, 0.15) is 91.5 Å². The number of rotatable bonds is 16. The largest absolute Gasteiger partial charge is 0.457 e. The summed E-state index contributed by atoms with van der Waals surface area (Å²) in [6.45, 7) is 11.4. The Kier molecular flexibility index (Phi) is 14.9. The maximum atomic E-state index is 14.1. The molecule has 11 nitrogen and oxygen atoms in total. The molecule has 278 valence electrons. The maximum absolute atomic E-state index is 14.1. The number of amides is 5. The molecule has 5 atom stereocenters. The lowest BCUT2D eigenvalue weighted by molar-refractivity contribution is -0.141. The number of hydrogen-bond donors (Lipinski definition) is 4. The summed E-state index contributed by atoms with van der Waals surface area (Å²) < 4.78 is 6.01. The normalized spacial score (nSPS) is 19.5. The lowest BCUT2D eigenvalue weighted by atomic mass is 9.81. The number of para-hydroxylation sites is 1. The van der Waals surface area contributed by atoms with Crippen LogP contribution < -0.4 is 26.2 Å². The molecular weight excluding hydrogens is 646 g/mol. The number of benzene rings is 2. The van der Waals surface area contributed by atoms with Gasteiger partial charge >= 0.3 is 0 Å². The molecule has 0 aliphatic carbocycles. The molecule has 11 heteroatoms. The summed E-state index contributed by atoms with van der Waals surface area (Å²) in [5, 5.41) is 5.85. The number of carbonyl (C=O) groups excluding carboxylic acids is 5. The molecule has 0 bridgehead atoms. The van der Waals surface area contributed by atoms with Crippen LogP contribution >= 0.6 is 0 Å². The molecule has 0 aromatic heterocycles. The van der Waals surface area contributed by atoms with Crippen molar-refractivity contribution in [2.75, 3.05) is 13.1 Å². The number of hydrogen-bond acceptors (Lipinski definition) is 6. The van der Waals surface area contributed by atoms with Gasteiger partial charge in [-0.1, -0.05) is 71.4 Å². The quantitative estimate of drug-likeness (QED) is 0.170. The zero-order valence-corrected chi connectivity index (χ0v) is 30.9. The Balaban J connectivity index is 1.43. The van der Waals surface area contributed by atoms with Gasteiger partial charge in [0, 0.05) is 25.6 Å². The van der Waals surface area contributed by atoms with Crippen molar-refractivity contribution in [1.29, 1.82) is 0 Å². The number of hydrazine groups is 1. The number of ether oxygens (including phenoxy) is 1. The summed E-state index contributed by atoms with van der Waals surface area (Å²) in [6, 6.07) is 16.5. The number of likely N-dealkylation sites (tertiary alicyclic amines) is 1. The molecule has 0 radical (unpaired) electrons. The van der Waals surface area contributed by atoms with E-state index < -0.39 is 41.5 Å². The molecule has 2 fully saturated rings. The number of nitrogens with zero attached hydrogens (tertiary/aromatic N) is 1. The Morgan fingerprint density at radius 1 is 0.843 bits per heavy atom. The molecule has 5 amide bonds. The van der Waals surface area contributed by atoms with Gasteiger partial charge in [-0.15, -0.1) is 0 Å². The van der Waals surface area contributed by atoms with E-state index in [0.29, 0.717) is 63.9 Å². The highest BCUT2D eigenvalue weighted by atomic mass is 16.5. The first kappa shape index (κ1) is 39.4. The van der Waals surface area contributed by atoms with Gasteiger partial charge in [0.2, 0.25) is 29.5 Å². The molecule has 0 spiro atoms. The predicted octanol–water partition coefficient (Wildman–Crippen LogP) is 5.50. The van der Waals surface area contributed by atoms with E-state index in [-0.39, 0.29) is 29.6 Å². The molecular formula is C40H57N5O6. The molecule has 2 aromatic carbocycles. The van der Waals surface area contributed by atoms with Gasteiger partial charge in [0.05, 0.1) is 17.8 Å². The predicted molar refractivity (Wildman–Crippen MR) is 196 cm³/mol. The molecule has 2 saturated heterocycles. The van der Waals surface area contributed by atoms with Crippen LogP contribution in [0.2, 0.25) is 0 Å². The lowest BCUT2D eigenvalue weighted by Gasteiger charge is -2.30. The number of nitrogens with one attached hydrogen (secondary N) is 4. The van der Waals surface area contributed by atoms with E-state index in [0.717, 1.165) is 24.2 Å². The Bertz CT molecular complexity index is 1480. The van der Waals surface area contributed by atoms with E-state index in [4.69, 9.17) is 4.74 Å². The zero-order chi connectivity index (χ0) is 36.9. The summed E-state index contributed by atoms with van der Waals surface area (Å²) in [5.74, 6) is -2.22. The van der Waals surface area contributed by atoms with Gasteiger partial charge in [0.1, 0.15) is 17.5 Å². The maximum Gasteiger partial charge on any atom is 0.245 e. The molecule has 2 heterocycles. The molecule has 0 saturated carbocycles. The minimum atomic E-state index is -0.722. The monoisotopic (exact) mass is 703 g/mol. The Hall–Kier alpha value is -4.41.